The van der Waals surface area contributed by atoms with Crippen molar-refractivity contribution in [2.24, 2.45) is 12.0 Å². The van der Waals surface area contributed by atoms with E-state index in [1.165, 1.54) is 0 Å². The quantitative estimate of drug-likeness (QED) is 0.161. The number of aromatic nitrogens is 2. The average Bonchev–Trinajstić information content (AvgIpc) is 3.06. The molecule has 4 aromatic rings. The number of ether oxygens (including phenoxy) is 2. The molecule has 1 heterocycles. The van der Waals surface area contributed by atoms with Gasteiger partial charge in [-0.15, -0.1) is 0 Å². The highest BCUT2D eigenvalue weighted by atomic mass is 127. The lowest BCUT2D eigenvalue weighted by Crippen LogP contribution is -2.19. The van der Waals surface area contributed by atoms with Crippen LogP contribution in [0.5, 0.6) is 11.5 Å². The van der Waals surface area contributed by atoms with Crippen LogP contribution in [0.15, 0.2) is 81.0 Å². The van der Waals surface area contributed by atoms with E-state index < -0.39 is 0 Å². The van der Waals surface area contributed by atoms with Gasteiger partial charge in [-0.2, -0.15) is 0 Å². The summed E-state index contributed by atoms with van der Waals surface area (Å²) in [4.78, 5) is 17.7. The Morgan fingerprint density at radius 2 is 1.77 bits per heavy atom. The molecule has 8 heteroatoms. The molecule has 6 nitrogen and oxygen atoms in total. The molecule has 0 spiro atoms. The molecule has 0 saturated carbocycles. The van der Waals surface area contributed by atoms with Crippen molar-refractivity contribution in [3.05, 3.63) is 102 Å². The molecule has 0 fully saturated rings. The Balaban J connectivity index is 1.63. The Kier molecular flexibility index (Phi) is 8.12. The van der Waals surface area contributed by atoms with Gasteiger partial charge in [0.05, 0.1) is 21.6 Å². The molecule has 0 atom stereocenters. The summed E-state index contributed by atoms with van der Waals surface area (Å²) in [7, 11) is 1.86. The predicted octanol–water partition coefficient (Wildman–Crippen LogP) is 6.58. The van der Waals surface area contributed by atoms with E-state index in [0.29, 0.717) is 30.4 Å². The topological polar surface area (TPSA) is 57.8 Å². The lowest BCUT2D eigenvalue weighted by atomic mass is 10.2. The van der Waals surface area contributed by atoms with Crippen molar-refractivity contribution in [1.29, 1.82) is 0 Å². The first-order valence-electron chi connectivity index (χ1n) is 11.1. The summed E-state index contributed by atoms with van der Waals surface area (Å²) in [6.45, 7) is 4.76. The van der Waals surface area contributed by atoms with Gasteiger partial charge in [-0.05, 0) is 84.0 Å². The van der Waals surface area contributed by atoms with E-state index in [9.17, 15) is 4.79 Å². The maximum atomic E-state index is 13.1. The molecule has 1 aromatic heterocycles. The van der Waals surface area contributed by atoms with Crippen molar-refractivity contribution in [3.63, 3.8) is 0 Å². The molecule has 0 amide bonds. The molecule has 0 radical (unpaired) electrons. The standard InChI is InChI=1S/C27H25BrIN3O3/c1-4-34-24-15-20(14-23(29)26(24)35-17-19-10-12-21(28)13-11-19)16-30-25-18(2)31(3)32(27(25)33)22-8-6-5-7-9-22/h5-16H,4,17H2,1-3H3. The molecule has 0 unspecified atom stereocenters. The fraction of sp³-hybridized carbons (Fsp3) is 0.185. The Hall–Kier alpha value is -2.85. The van der Waals surface area contributed by atoms with Crippen molar-refractivity contribution in [1.82, 2.24) is 9.36 Å². The summed E-state index contributed by atoms with van der Waals surface area (Å²) in [5.74, 6) is 1.33. The van der Waals surface area contributed by atoms with E-state index >= 15 is 0 Å². The van der Waals surface area contributed by atoms with Gasteiger partial charge >= 0.3 is 0 Å². The molecule has 35 heavy (non-hydrogen) atoms. The van der Waals surface area contributed by atoms with Crippen LogP contribution < -0.4 is 15.0 Å². The lowest BCUT2D eigenvalue weighted by Gasteiger charge is -2.15. The Morgan fingerprint density at radius 1 is 1.06 bits per heavy atom. The smallest absolute Gasteiger partial charge is 0.297 e. The number of para-hydroxylation sites is 1. The first-order chi connectivity index (χ1) is 16.9. The fourth-order valence-corrected chi connectivity index (χ4v) is 4.69. The summed E-state index contributed by atoms with van der Waals surface area (Å²) in [5.41, 5.74) is 3.70. The molecule has 3 aromatic carbocycles. The molecular weight excluding hydrogens is 621 g/mol. The summed E-state index contributed by atoms with van der Waals surface area (Å²) in [6, 6.07) is 21.4. The van der Waals surface area contributed by atoms with Gasteiger partial charge < -0.3 is 9.47 Å². The maximum absolute atomic E-state index is 13.1. The molecule has 0 bridgehead atoms. The molecule has 0 aliphatic carbocycles. The van der Waals surface area contributed by atoms with Crippen LogP contribution in [0.4, 0.5) is 5.69 Å². The van der Waals surface area contributed by atoms with Gasteiger partial charge in [-0.3, -0.25) is 9.48 Å². The molecule has 180 valence electrons. The van der Waals surface area contributed by atoms with E-state index in [2.05, 4.69) is 43.5 Å². The van der Waals surface area contributed by atoms with E-state index in [0.717, 1.165) is 30.6 Å². The summed E-state index contributed by atoms with van der Waals surface area (Å²) < 4.78 is 17.4. The number of hydrogen-bond acceptors (Lipinski definition) is 4. The number of hydrogen-bond donors (Lipinski definition) is 0. The molecule has 0 saturated heterocycles. The van der Waals surface area contributed by atoms with E-state index in [4.69, 9.17) is 9.47 Å². The van der Waals surface area contributed by atoms with Crippen LogP contribution in [0.25, 0.3) is 5.69 Å². The zero-order valence-corrected chi connectivity index (χ0v) is 23.4. The summed E-state index contributed by atoms with van der Waals surface area (Å²) in [6.07, 6.45) is 1.70. The summed E-state index contributed by atoms with van der Waals surface area (Å²) in [5, 5.41) is 0. The highest BCUT2D eigenvalue weighted by Gasteiger charge is 2.16. The largest absolute Gasteiger partial charge is 0.490 e. The minimum atomic E-state index is -0.165. The van der Waals surface area contributed by atoms with Crippen molar-refractivity contribution in [2.75, 3.05) is 6.61 Å². The van der Waals surface area contributed by atoms with Gasteiger partial charge in [0.15, 0.2) is 17.2 Å². The van der Waals surface area contributed by atoms with Crippen LogP contribution in [0.1, 0.15) is 23.7 Å². The van der Waals surface area contributed by atoms with Crippen molar-refractivity contribution >= 4 is 50.4 Å². The Bertz CT molecular complexity index is 1410. The van der Waals surface area contributed by atoms with Gasteiger partial charge in [0.25, 0.3) is 5.56 Å². The number of rotatable bonds is 8. The maximum Gasteiger partial charge on any atom is 0.297 e. The second-order valence-electron chi connectivity index (χ2n) is 7.85. The Labute approximate surface area is 226 Å². The zero-order chi connectivity index (χ0) is 24.9. The SMILES string of the molecule is CCOc1cc(C=Nc2c(C)n(C)n(-c3ccccc3)c2=O)cc(I)c1OCc1ccc(Br)cc1. The van der Waals surface area contributed by atoms with E-state index in [-0.39, 0.29) is 5.56 Å². The Morgan fingerprint density at radius 3 is 2.46 bits per heavy atom. The van der Waals surface area contributed by atoms with Crippen LogP contribution in [0.2, 0.25) is 0 Å². The number of halogens is 2. The molecular formula is C27H25BrIN3O3. The van der Waals surface area contributed by atoms with Crippen LogP contribution in [-0.4, -0.2) is 22.2 Å². The normalized spacial score (nSPS) is 11.2. The van der Waals surface area contributed by atoms with Crippen LogP contribution >= 0.6 is 38.5 Å². The van der Waals surface area contributed by atoms with Crippen LogP contribution in [-0.2, 0) is 13.7 Å². The predicted molar refractivity (Wildman–Crippen MR) is 152 cm³/mol. The number of nitrogens with zero attached hydrogens (tertiary/aromatic N) is 3. The first kappa shape index (κ1) is 25.2. The highest BCUT2D eigenvalue weighted by Crippen LogP contribution is 2.35. The third-order valence-corrected chi connectivity index (χ3v) is 6.82. The fourth-order valence-electron chi connectivity index (χ4n) is 3.64. The van der Waals surface area contributed by atoms with Gasteiger partial charge in [-0.1, -0.05) is 46.3 Å². The minimum Gasteiger partial charge on any atom is -0.490 e. The van der Waals surface area contributed by atoms with E-state index in [1.807, 2.05) is 92.3 Å². The third kappa shape index (κ3) is 5.70. The molecule has 0 aliphatic heterocycles. The van der Waals surface area contributed by atoms with Gasteiger partial charge in [0.2, 0.25) is 0 Å². The summed E-state index contributed by atoms with van der Waals surface area (Å²) >= 11 is 5.69. The van der Waals surface area contributed by atoms with Crippen molar-refractivity contribution < 1.29 is 9.47 Å². The molecule has 0 aliphatic rings. The van der Waals surface area contributed by atoms with Crippen LogP contribution in [0.3, 0.4) is 0 Å². The number of aliphatic imine (C=N–C) groups is 1. The van der Waals surface area contributed by atoms with Crippen molar-refractivity contribution in [2.45, 2.75) is 20.5 Å². The lowest BCUT2D eigenvalue weighted by molar-refractivity contribution is 0.267. The second kappa shape index (κ2) is 11.3. The van der Waals surface area contributed by atoms with Gasteiger partial charge in [0, 0.05) is 17.7 Å². The zero-order valence-electron chi connectivity index (χ0n) is 19.7. The first-order valence-corrected chi connectivity index (χ1v) is 13.0. The highest BCUT2D eigenvalue weighted by molar-refractivity contribution is 14.1. The number of benzene rings is 3. The average molecular weight is 646 g/mol. The van der Waals surface area contributed by atoms with Gasteiger partial charge in [-0.25, -0.2) is 9.67 Å². The molecule has 0 N–H and O–H groups in total. The third-order valence-electron chi connectivity index (χ3n) is 5.49. The van der Waals surface area contributed by atoms with Crippen LogP contribution in [0, 0.1) is 10.5 Å². The second-order valence-corrected chi connectivity index (χ2v) is 9.92. The van der Waals surface area contributed by atoms with Crippen molar-refractivity contribution in [3.8, 4) is 17.2 Å². The monoisotopic (exact) mass is 645 g/mol. The minimum absolute atomic E-state index is 0.165. The van der Waals surface area contributed by atoms with E-state index in [1.54, 1.807) is 10.9 Å². The molecule has 4 rings (SSSR count). The van der Waals surface area contributed by atoms with Gasteiger partial charge in [0.1, 0.15) is 6.61 Å².